The van der Waals surface area contributed by atoms with Gasteiger partial charge in [0.05, 0.1) is 16.3 Å². The van der Waals surface area contributed by atoms with Gasteiger partial charge in [0, 0.05) is 31.4 Å². The summed E-state index contributed by atoms with van der Waals surface area (Å²) in [6.07, 6.45) is 0.689. The van der Waals surface area contributed by atoms with Crippen LogP contribution in [0.1, 0.15) is 24.1 Å². The van der Waals surface area contributed by atoms with Gasteiger partial charge in [-0.1, -0.05) is 23.9 Å². The number of amides is 1. The van der Waals surface area contributed by atoms with Crippen molar-refractivity contribution >= 4 is 28.7 Å². The van der Waals surface area contributed by atoms with E-state index in [1.54, 1.807) is 0 Å². The minimum Gasteiger partial charge on any atom is -0.355 e. The molecular formula is C19H23N5OS. The number of nitrogens with zero attached hydrogens (tertiary/aromatic N) is 4. The highest BCUT2D eigenvalue weighted by atomic mass is 32.2. The van der Waals surface area contributed by atoms with E-state index in [4.69, 9.17) is 0 Å². The van der Waals surface area contributed by atoms with Gasteiger partial charge in [-0.05, 0) is 39.0 Å². The van der Waals surface area contributed by atoms with Gasteiger partial charge in [0.2, 0.25) is 5.91 Å². The molecule has 0 spiro atoms. The van der Waals surface area contributed by atoms with E-state index in [9.17, 15) is 4.79 Å². The van der Waals surface area contributed by atoms with Crippen LogP contribution in [0.5, 0.6) is 0 Å². The highest BCUT2D eigenvalue weighted by molar-refractivity contribution is 8.00. The first kappa shape index (κ1) is 18.4. The summed E-state index contributed by atoms with van der Waals surface area (Å²) in [5.74, 6) is 0.945. The number of rotatable bonds is 6. The van der Waals surface area contributed by atoms with Crippen molar-refractivity contribution in [3.8, 4) is 0 Å². The van der Waals surface area contributed by atoms with Gasteiger partial charge in [0.25, 0.3) is 0 Å². The Kier molecular flexibility index (Phi) is 5.56. The smallest absolute Gasteiger partial charge is 0.233 e. The number of thioether (sulfide) groups is 1. The number of carbonyl (C=O) groups is 1. The van der Waals surface area contributed by atoms with Crippen molar-refractivity contribution < 1.29 is 4.79 Å². The van der Waals surface area contributed by atoms with Crippen LogP contribution in [-0.2, 0) is 18.3 Å². The van der Waals surface area contributed by atoms with Crippen LogP contribution in [0.2, 0.25) is 0 Å². The summed E-state index contributed by atoms with van der Waals surface area (Å²) in [5, 5.41) is 3.37. The predicted molar refractivity (Wildman–Crippen MR) is 104 cm³/mol. The summed E-state index contributed by atoms with van der Waals surface area (Å²) in [5.41, 5.74) is 3.90. The van der Waals surface area contributed by atoms with Gasteiger partial charge in [0.15, 0.2) is 5.16 Å². The van der Waals surface area contributed by atoms with Gasteiger partial charge in [0.1, 0.15) is 5.82 Å². The molecule has 0 saturated heterocycles. The highest BCUT2D eigenvalue weighted by Gasteiger charge is 2.16. The number of carbonyl (C=O) groups excluding carboxylic acids is 1. The maximum Gasteiger partial charge on any atom is 0.233 e. The zero-order valence-electron chi connectivity index (χ0n) is 15.5. The molecule has 0 unspecified atom stereocenters. The zero-order chi connectivity index (χ0) is 18.7. The van der Waals surface area contributed by atoms with Crippen molar-refractivity contribution in [3.05, 3.63) is 47.5 Å². The van der Waals surface area contributed by atoms with Gasteiger partial charge < -0.3 is 9.88 Å². The molecule has 26 heavy (non-hydrogen) atoms. The normalized spacial score (nSPS) is 12.3. The van der Waals surface area contributed by atoms with Crippen molar-refractivity contribution in [2.24, 2.45) is 7.05 Å². The second-order valence-corrected chi connectivity index (χ2v) is 7.62. The summed E-state index contributed by atoms with van der Waals surface area (Å²) in [6, 6.07) is 9.96. The molecule has 7 heteroatoms. The lowest BCUT2D eigenvalue weighted by molar-refractivity contribution is -0.120. The summed E-state index contributed by atoms with van der Waals surface area (Å²) in [7, 11) is 2.00. The SMILES string of the molecule is Cc1cc(C)nc(S[C@@H](C)C(=O)NCCc2nc3ccccc3n2C)n1. The maximum atomic E-state index is 12.3. The van der Waals surface area contributed by atoms with E-state index in [2.05, 4.69) is 24.8 Å². The zero-order valence-corrected chi connectivity index (χ0v) is 16.3. The highest BCUT2D eigenvalue weighted by Crippen LogP contribution is 2.20. The van der Waals surface area contributed by atoms with Crippen molar-refractivity contribution in [3.63, 3.8) is 0 Å². The average Bonchev–Trinajstić information content (AvgIpc) is 2.90. The van der Waals surface area contributed by atoms with Crippen molar-refractivity contribution in [1.82, 2.24) is 24.8 Å². The molecule has 2 heterocycles. The molecule has 136 valence electrons. The molecule has 1 N–H and O–H groups in total. The van der Waals surface area contributed by atoms with E-state index in [1.807, 2.05) is 58.2 Å². The molecule has 0 aliphatic heterocycles. The third-order valence-corrected chi connectivity index (χ3v) is 5.10. The Morgan fingerprint density at radius 3 is 2.58 bits per heavy atom. The fourth-order valence-electron chi connectivity index (χ4n) is 2.82. The summed E-state index contributed by atoms with van der Waals surface area (Å²) in [4.78, 5) is 25.7. The van der Waals surface area contributed by atoms with Gasteiger partial charge >= 0.3 is 0 Å². The topological polar surface area (TPSA) is 72.7 Å². The lowest BCUT2D eigenvalue weighted by Gasteiger charge is -2.11. The van der Waals surface area contributed by atoms with Gasteiger partial charge in [-0.15, -0.1) is 0 Å². The Bertz CT molecular complexity index is 917. The fourth-order valence-corrected chi connectivity index (χ4v) is 3.72. The minimum absolute atomic E-state index is 0.0171. The van der Waals surface area contributed by atoms with Crippen molar-refractivity contribution in [1.29, 1.82) is 0 Å². The van der Waals surface area contributed by atoms with Crippen LogP contribution in [0.25, 0.3) is 11.0 Å². The molecule has 1 aromatic carbocycles. The van der Waals surface area contributed by atoms with Crippen molar-refractivity contribution in [2.75, 3.05) is 6.54 Å². The molecule has 6 nitrogen and oxygen atoms in total. The quantitative estimate of drug-likeness (QED) is 0.534. The van der Waals surface area contributed by atoms with E-state index in [0.717, 1.165) is 28.2 Å². The first-order valence-corrected chi connectivity index (χ1v) is 9.49. The lowest BCUT2D eigenvalue weighted by atomic mass is 10.3. The molecule has 3 aromatic rings. The molecule has 0 aliphatic rings. The van der Waals surface area contributed by atoms with E-state index in [0.29, 0.717) is 18.1 Å². The third-order valence-electron chi connectivity index (χ3n) is 4.14. The van der Waals surface area contributed by atoms with Gasteiger partial charge in [-0.25, -0.2) is 15.0 Å². The summed E-state index contributed by atoms with van der Waals surface area (Å²) >= 11 is 1.38. The molecule has 0 saturated carbocycles. The molecule has 0 aliphatic carbocycles. The number of hydrogen-bond donors (Lipinski definition) is 1. The second-order valence-electron chi connectivity index (χ2n) is 6.31. The van der Waals surface area contributed by atoms with Gasteiger partial charge in [-0.3, -0.25) is 4.79 Å². The number of aryl methyl sites for hydroxylation is 3. The number of benzene rings is 1. The Labute approximate surface area is 157 Å². The number of imidazole rings is 1. The third kappa shape index (κ3) is 4.22. The Balaban J connectivity index is 1.55. The van der Waals surface area contributed by atoms with Crippen LogP contribution in [0, 0.1) is 13.8 Å². The number of nitrogens with one attached hydrogen (secondary N) is 1. The molecule has 0 bridgehead atoms. The Morgan fingerprint density at radius 1 is 1.19 bits per heavy atom. The van der Waals surface area contributed by atoms with E-state index in [1.165, 1.54) is 11.8 Å². The van der Waals surface area contributed by atoms with E-state index < -0.39 is 0 Å². The van der Waals surface area contributed by atoms with E-state index in [-0.39, 0.29) is 11.2 Å². The monoisotopic (exact) mass is 369 g/mol. The summed E-state index contributed by atoms with van der Waals surface area (Å²) < 4.78 is 2.07. The van der Waals surface area contributed by atoms with Crippen LogP contribution in [0.4, 0.5) is 0 Å². The standard InChI is InChI=1S/C19H23N5OS/c1-12-11-13(2)22-19(21-12)26-14(3)18(25)20-10-9-17-23-15-7-5-6-8-16(15)24(17)4/h5-8,11,14H,9-10H2,1-4H3,(H,20,25)/t14-/m0/s1. The van der Waals surface area contributed by atoms with E-state index >= 15 is 0 Å². The molecule has 0 fully saturated rings. The second kappa shape index (κ2) is 7.86. The Hall–Kier alpha value is -2.41. The predicted octanol–water partition coefficient (Wildman–Crippen LogP) is 2.82. The van der Waals surface area contributed by atoms with Crippen LogP contribution >= 0.6 is 11.8 Å². The lowest BCUT2D eigenvalue weighted by Crippen LogP contribution is -2.33. The number of aromatic nitrogens is 4. The average molecular weight is 369 g/mol. The number of para-hydroxylation sites is 2. The molecule has 1 atom stereocenters. The summed E-state index contributed by atoms with van der Waals surface area (Å²) in [6.45, 7) is 6.28. The number of fused-ring (bicyclic) bond motifs is 1. The molecular weight excluding hydrogens is 346 g/mol. The Morgan fingerprint density at radius 2 is 1.88 bits per heavy atom. The molecule has 1 amide bonds. The van der Waals surface area contributed by atoms with Crippen LogP contribution in [-0.4, -0.2) is 37.2 Å². The van der Waals surface area contributed by atoms with Crippen LogP contribution in [0.3, 0.4) is 0 Å². The fraction of sp³-hybridized carbons (Fsp3) is 0.368. The largest absolute Gasteiger partial charge is 0.355 e. The maximum absolute atomic E-state index is 12.3. The minimum atomic E-state index is -0.253. The first-order valence-electron chi connectivity index (χ1n) is 8.61. The molecule has 0 radical (unpaired) electrons. The van der Waals surface area contributed by atoms with Crippen LogP contribution < -0.4 is 5.32 Å². The molecule has 2 aromatic heterocycles. The van der Waals surface area contributed by atoms with Crippen LogP contribution in [0.15, 0.2) is 35.5 Å². The number of hydrogen-bond acceptors (Lipinski definition) is 5. The van der Waals surface area contributed by atoms with Crippen molar-refractivity contribution in [2.45, 2.75) is 37.6 Å². The molecule has 3 rings (SSSR count). The van der Waals surface area contributed by atoms with Gasteiger partial charge in [-0.2, -0.15) is 0 Å². The first-order chi connectivity index (χ1) is 12.4.